The fourth-order valence-electron chi connectivity index (χ4n) is 9.82. The van der Waals surface area contributed by atoms with Crippen molar-refractivity contribution in [1.29, 1.82) is 0 Å². The highest BCUT2D eigenvalue weighted by atomic mass is 16.7. The van der Waals surface area contributed by atoms with Crippen molar-refractivity contribution >= 4 is 28.3 Å². The number of carbonyl (C=O) groups excluding carboxylic acids is 1. The number of rotatable bonds is 19. The summed E-state index contributed by atoms with van der Waals surface area (Å²) < 4.78 is 26.8. The van der Waals surface area contributed by atoms with Gasteiger partial charge in [0.15, 0.2) is 0 Å². The molecule has 1 heterocycles. The van der Waals surface area contributed by atoms with Gasteiger partial charge in [-0.2, -0.15) is 0 Å². The van der Waals surface area contributed by atoms with E-state index in [-0.39, 0.29) is 62.8 Å². The lowest BCUT2D eigenvalue weighted by Gasteiger charge is -2.60. The topological polar surface area (TPSA) is 162 Å². The summed E-state index contributed by atoms with van der Waals surface area (Å²) in [5.41, 5.74) is 2.60. The maximum atomic E-state index is 14.7. The van der Waals surface area contributed by atoms with Crippen LogP contribution in [-0.4, -0.2) is 75.7 Å². The van der Waals surface area contributed by atoms with E-state index in [4.69, 9.17) is 28.9 Å². The number of unbranched alkanes of at least 4 members (excludes halogenated alkanes) is 2. The van der Waals surface area contributed by atoms with Crippen LogP contribution in [0.4, 0.5) is 10.5 Å². The van der Waals surface area contributed by atoms with Gasteiger partial charge in [0.25, 0.3) is 5.69 Å². The number of amides is 1. The molecule has 0 aromatic heterocycles. The van der Waals surface area contributed by atoms with Gasteiger partial charge in [0, 0.05) is 37.2 Å². The van der Waals surface area contributed by atoms with Crippen LogP contribution in [0.1, 0.15) is 89.7 Å². The third kappa shape index (κ3) is 9.96. The van der Waals surface area contributed by atoms with Crippen LogP contribution in [0.2, 0.25) is 0 Å². The fourth-order valence-corrected chi connectivity index (χ4v) is 9.82. The molecule has 1 aliphatic heterocycles. The zero-order valence-electron chi connectivity index (χ0n) is 37.3. The summed E-state index contributed by atoms with van der Waals surface area (Å²) in [5, 5.41) is 38.6. The standard InChI is InChI=1S/C51H61N3O10/c1-6-28-61-51-46(53(49(57)60-7-2)33-36-19-14-18-34-16-8-9-22-40(34)36)32-44(52-64-50(3,4)5)42-29-35(17-10-12-26-55)41(23-11-13-27-56)47(48(42)51)43-31-39(24-25-45(43)63-51)62-38-21-15-20-37(30-38)54(58)59/h6,8-9,14-16,18-22,24-25,29-31,35,41,46-48,55-56H,1,7,10-13,17,23,26-28,32-33H2,2-5H3/t35-,41+,46-,47+,48+,51+/m0/s1. The smallest absolute Gasteiger partial charge is 0.410 e. The van der Waals surface area contributed by atoms with Crippen molar-refractivity contribution in [3.05, 3.63) is 130 Å². The molecule has 0 unspecified atom stereocenters. The van der Waals surface area contributed by atoms with Crippen molar-refractivity contribution in [3.63, 3.8) is 0 Å². The number of non-ortho nitro benzene ring substituents is 1. The summed E-state index contributed by atoms with van der Waals surface area (Å²) in [5.74, 6) is -1.08. The number of allylic oxidation sites excluding steroid dienone is 1. The Morgan fingerprint density at radius 2 is 1.72 bits per heavy atom. The molecule has 1 amide bonds. The van der Waals surface area contributed by atoms with Crippen LogP contribution in [0, 0.1) is 27.9 Å². The second-order valence-corrected chi connectivity index (χ2v) is 17.8. The van der Waals surface area contributed by atoms with Gasteiger partial charge in [-0.05, 0) is 111 Å². The van der Waals surface area contributed by atoms with Crippen LogP contribution in [0.5, 0.6) is 17.2 Å². The summed E-state index contributed by atoms with van der Waals surface area (Å²) in [7, 11) is 0. The summed E-state index contributed by atoms with van der Waals surface area (Å²) in [6.07, 6.45) is 7.97. The van der Waals surface area contributed by atoms with Gasteiger partial charge in [0.05, 0.1) is 42.4 Å². The normalized spacial score (nSPS) is 23.0. The number of hydrogen-bond acceptors (Lipinski definition) is 11. The van der Waals surface area contributed by atoms with E-state index in [2.05, 4.69) is 18.7 Å². The third-order valence-corrected chi connectivity index (χ3v) is 12.4. The Kier molecular flexibility index (Phi) is 14.7. The van der Waals surface area contributed by atoms with Crippen molar-refractivity contribution in [2.45, 2.75) is 103 Å². The molecule has 340 valence electrons. The van der Waals surface area contributed by atoms with Crippen LogP contribution in [0.25, 0.3) is 10.8 Å². The Morgan fingerprint density at radius 1 is 0.984 bits per heavy atom. The van der Waals surface area contributed by atoms with Crippen molar-refractivity contribution in [2.24, 2.45) is 22.9 Å². The monoisotopic (exact) mass is 875 g/mol. The van der Waals surface area contributed by atoms with Gasteiger partial charge in [0.2, 0.25) is 5.79 Å². The van der Waals surface area contributed by atoms with Crippen molar-refractivity contribution < 1.29 is 43.7 Å². The number of nitrogens with zero attached hydrogens (tertiary/aromatic N) is 3. The van der Waals surface area contributed by atoms with Crippen LogP contribution in [0.3, 0.4) is 0 Å². The molecule has 64 heavy (non-hydrogen) atoms. The molecule has 1 fully saturated rings. The molecule has 0 spiro atoms. The Hall–Kier alpha value is -5.76. The van der Waals surface area contributed by atoms with E-state index in [0.29, 0.717) is 35.8 Å². The largest absolute Gasteiger partial charge is 0.459 e. The number of fused-ring (bicyclic) bond motifs is 3. The van der Waals surface area contributed by atoms with Gasteiger partial charge in [-0.3, -0.25) is 15.0 Å². The van der Waals surface area contributed by atoms with E-state index in [9.17, 15) is 25.1 Å². The molecular weight excluding hydrogens is 815 g/mol. The number of ether oxygens (including phenoxy) is 4. The first-order valence-corrected chi connectivity index (χ1v) is 22.5. The average molecular weight is 876 g/mol. The second kappa shape index (κ2) is 20.4. The lowest BCUT2D eigenvalue weighted by atomic mass is 9.55. The number of hydrogen-bond donors (Lipinski definition) is 2. The molecule has 0 radical (unpaired) electrons. The molecule has 13 nitrogen and oxygen atoms in total. The first kappa shape index (κ1) is 46.2. The maximum Gasteiger partial charge on any atom is 0.410 e. The highest BCUT2D eigenvalue weighted by Crippen LogP contribution is 2.62. The predicted molar refractivity (Wildman–Crippen MR) is 245 cm³/mol. The highest BCUT2D eigenvalue weighted by Gasteiger charge is 2.65. The van der Waals surface area contributed by atoms with Crippen LogP contribution in [0.15, 0.2) is 114 Å². The Balaban J connectivity index is 1.48. The maximum absolute atomic E-state index is 14.7. The average Bonchev–Trinajstić information content (AvgIpc) is 3.28. The van der Waals surface area contributed by atoms with Gasteiger partial charge < -0.3 is 34.0 Å². The molecule has 4 aromatic rings. The second-order valence-electron chi connectivity index (χ2n) is 17.8. The van der Waals surface area contributed by atoms with E-state index in [0.717, 1.165) is 53.2 Å². The first-order chi connectivity index (χ1) is 30.9. The number of nitro benzene ring substituents is 1. The zero-order chi connectivity index (χ0) is 45.4. The van der Waals surface area contributed by atoms with E-state index < -0.39 is 34.4 Å². The van der Waals surface area contributed by atoms with Gasteiger partial charge >= 0.3 is 6.09 Å². The predicted octanol–water partition coefficient (Wildman–Crippen LogP) is 10.6. The summed E-state index contributed by atoms with van der Waals surface area (Å²) in [6, 6.07) is 25.0. The molecule has 3 aliphatic rings. The number of carbonyl (C=O) groups is 1. The SMILES string of the molecule is C=CCO[C@@]12Oc3ccc(Oc4cccc([N+](=O)[O-])c4)cc3[C@H]3[C@H](CCCCO)[C@@H](CCCCO)C=C(C(=NOC(C)(C)C)C[C@@H]1N(Cc1cccc4ccccc14)C(=O)OCC)[C@H]32. The summed E-state index contributed by atoms with van der Waals surface area (Å²) >= 11 is 0. The Labute approximate surface area is 375 Å². The zero-order valence-corrected chi connectivity index (χ0v) is 37.3. The fraction of sp³-hybridized carbons (Fsp3) is 0.451. The van der Waals surface area contributed by atoms with E-state index in [1.807, 2.05) is 69.3 Å². The van der Waals surface area contributed by atoms with Gasteiger partial charge in [-0.15, -0.1) is 6.58 Å². The molecule has 2 aliphatic carbocycles. The molecule has 7 rings (SSSR count). The number of aliphatic hydroxyl groups excluding tert-OH is 2. The van der Waals surface area contributed by atoms with E-state index in [1.54, 1.807) is 36.1 Å². The van der Waals surface area contributed by atoms with Crippen LogP contribution < -0.4 is 9.47 Å². The Morgan fingerprint density at radius 3 is 2.45 bits per heavy atom. The quantitative estimate of drug-likeness (QED) is 0.0401. The molecule has 4 aromatic carbocycles. The highest BCUT2D eigenvalue weighted by molar-refractivity contribution is 6.03. The Bertz CT molecular complexity index is 2350. The lowest BCUT2D eigenvalue weighted by Crippen LogP contribution is -2.70. The number of aliphatic hydroxyl groups is 2. The van der Waals surface area contributed by atoms with Gasteiger partial charge in [-0.25, -0.2) is 4.79 Å². The number of benzene rings is 4. The molecule has 13 heteroatoms. The van der Waals surface area contributed by atoms with Crippen molar-refractivity contribution in [2.75, 3.05) is 26.4 Å². The minimum Gasteiger partial charge on any atom is -0.459 e. The van der Waals surface area contributed by atoms with Crippen molar-refractivity contribution in [1.82, 2.24) is 4.90 Å². The first-order valence-electron chi connectivity index (χ1n) is 22.5. The molecule has 6 atom stereocenters. The van der Waals surface area contributed by atoms with Gasteiger partial charge in [-0.1, -0.05) is 78.7 Å². The van der Waals surface area contributed by atoms with Crippen LogP contribution in [-0.2, 0) is 20.9 Å². The number of nitro groups is 1. The lowest BCUT2D eigenvalue weighted by molar-refractivity contribution is -0.384. The molecule has 0 bridgehead atoms. The minimum absolute atomic E-state index is 0.0131. The van der Waals surface area contributed by atoms with Crippen LogP contribution >= 0.6 is 0 Å². The van der Waals surface area contributed by atoms with E-state index >= 15 is 0 Å². The van der Waals surface area contributed by atoms with Crippen molar-refractivity contribution in [3.8, 4) is 17.2 Å². The number of oxime groups is 1. The molecule has 2 N–H and O–H groups in total. The minimum atomic E-state index is -1.51. The summed E-state index contributed by atoms with van der Waals surface area (Å²) in [6.45, 7) is 12.2. The van der Waals surface area contributed by atoms with Gasteiger partial charge in [0.1, 0.15) is 28.9 Å². The third-order valence-electron chi connectivity index (χ3n) is 12.4. The molecule has 1 saturated carbocycles. The molecule has 0 saturated heterocycles. The molecular formula is C51H61N3O10. The summed E-state index contributed by atoms with van der Waals surface area (Å²) in [4.78, 5) is 33.9. The van der Waals surface area contributed by atoms with E-state index in [1.165, 1.54) is 12.1 Å².